The zero-order chi connectivity index (χ0) is 12.3. The fraction of sp³-hybridized carbons (Fsp3) is 0.364. The van der Waals surface area contributed by atoms with Crippen LogP contribution < -0.4 is 5.32 Å². The van der Waals surface area contributed by atoms with Crippen molar-refractivity contribution in [2.45, 2.75) is 25.9 Å². The second-order valence-corrected chi connectivity index (χ2v) is 3.88. The van der Waals surface area contributed by atoms with Crippen molar-refractivity contribution in [1.29, 1.82) is 0 Å². The number of aromatic nitrogens is 4. The van der Waals surface area contributed by atoms with Crippen LogP contribution in [-0.4, -0.2) is 20.2 Å². The topological polar surface area (TPSA) is 66.5 Å². The molecular weight excluding hydrogens is 221 g/mol. The first-order valence-electron chi connectivity index (χ1n) is 5.39. The van der Waals surface area contributed by atoms with Crippen LogP contribution in [-0.2, 0) is 0 Å². The van der Waals surface area contributed by atoms with E-state index in [2.05, 4.69) is 25.5 Å². The lowest BCUT2D eigenvalue weighted by Crippen LogP contribution is -2.24. The Morgan fingerprint density at radius 1 is 1.24 bits per heavy atom. The maximum atomic E-state index is 12.7. The van der Waals surface area contributed by atoms with Gasteiger partial charge in [-0.05, 0) is 26.0 Å². The molecule has 2 atom stereocenters. The molecule has 5 nitrogen and oxygen atoms in total. The van der Waals surface area contributed by atoms with Crippen molar-refractivity contribution in [3.8, 4) is 0 Å². The largest absolute Gasteiger partial charge is 0.299 e. The van der Waals surface area contributed by atoms with E-state index in [-0.39, 0.29) is 17.9 Å². The summed E-state index contributed by atoms with van der Waals surface area (Å²) in [6.45, 7) is 3.94. The molecule has 0 fully saturated rings. The number of pyridine rings is 1. The van der Waals surface area contributed by atoms with Crippen LogP contribution in [0.4, 0.5) is 4.39 Å². The number of hydrogen-bond acceptors (Lipinski definition) is 4. The van der Waals surface area contributed by atoms with Crippen LogP contribution in [0.2, 0.25) is 0 Å². The van der Waals surface area contributed by atoms with E-state index in [1.807, 2.05) is 13.8 Å². The molecule has 2 rings (SSSR count). The third kappa shape index (κ3) is 2.85. The van der Waals surface area contributed by atoms with Gasteiger partial charge in [0.25, 0.3) is 0 Å². The van der Waals surface area contributed by atoms with Gasteiger partial charge < -0.3 is 0 Å². The molecular formula is C11H14FN5. The maximum absolute atomic E-state index is 12.7. The highest BCUT2D eigenvalue weighted by molar-refractivity contribution is 5.09. The van der Waals surface area contributed by atoms with Gasteiger partial charge in [0.05, 0.1) is 17.9 Å². The monoisotopic (exact) mass is 235 g/mol. The molecule has 0 aliphatic carbocycles. The Balaban J connectivity index is 2.01. The molecule has 0 spiro atoms. The van der Waals surface area contributed by atoms with Gasteiger partial charge in [-0.1, -0.05) is 0 Å². The molecule has 2 aromatic rings. The smallest absolute Gasteiger partial charge is 0.141 e. The molecule has 17 heavy (non-hydrogen) atoms. The number of nitrogens with one attached hydrogen (secondary N) is 2. The van der Waals surface area contributed by atoms with Gasteiger partial charge in [-0.25, -0.2) is 9.37 Å². The van der Waals surface area contributed by atoms with E-state index in [1.54, 1.807) is 6.07 Å². The van der Waals surface area contributed by atoms with E-state index in [0.717, 1.165) is 11.5 Å². The lowest BCUT2D eigenvalue weighted by Gasteiger charge is -2.17. The third-order valence-corrected chi connectivity index (χ3v) is 2.54. The first-order valence-corrected chi connectivity index (χ1v) is 5.39. The third-order valence-electron chi connectivity index (χ3n) is 2.54. The minimum absolute atomic E-state index is 0.00991. The van der Waals surface area contributed by atoms with Crippen molar-refractivity contribution >= 4 is 0 Å². The van der Waals surface area contributed by atoms with Crippen LogP contribution in [0.25, 0.3) is 0 Å². The van der Waals surface area contributed by atoms with Crippen LogP contribution in [0.15, 0.2) is 24.7 Å². The number of halogens is 1. The molecule has 0 saturated carbocycles. The maximum Gasteiger partial charge on any atom is 0.141 e. The number of aromatic amines is 1. The molecule has 6 heteroatoms. The number of rotatable bonds is 4. The molecule has 0 aliphatic heterocycles. The molecule has 2 aromatic heterocycles. The average molecular weight is 235 g/mol. The van der Waals surface area contributed by atoms with Gasteiger partial charge in [0, 0.05) is 6.04 Å². The Labute approximate surface area is 98.5 Å². The molecule has 0 bridgehead atoms. The second-order valence-electron chi connectivity index (χ2n) is 3.88. The highest BCUT2D eigenvalue weighted by Gasteiger charge is 2.13. The summed E-state index contributed by atoms with van der Waals surface area (Å²) in [6, 6.07) is 3.11. The first kappa shape index (κ1) is 11.7. The molecule has 0 radical (unpaired) electrons. The summed E-state index contributed by atoms with van der Waals surface area (Å²) >= 11 is 0. The summed E-state index contributed by atoms with van der Waals surface area (Å²) in [5.41, 5.74) is 0.790. The summed E-state index contributed by atoms with van der Waals surface area (Å²) in [5, 5.41) is 9.89. The Hall–Kier alpha value is -1.82. The summed E-state index contributed by atoms with van der Waals surface area (Å²) in [7, 11) is 0. The van der Waals surface area contributed by atoms with Crippen molar-refractivity contribution in [1.82, 2.24) is 25.5 Å². The lowest BCUT2D eigenvalue weighted by atomic mass is 10.2. The van der Waals surface area contributed by atoms with E-state index in [9.17, 15) is 4.39 Å². The SMILES string of the molecule is CC(NC(C)c1ncn[nH]1)c1ccc(F)cn1. The van der Waals surface area contributed by atoms with E-state index >= 15 is 0 Å². The molecule has 0 aromatic carbocycles. The molecule has 0 aliphatic rings. The first-order chi connectivity index (χ1) is 8.16. The highest BCUT2D eigenvalue weighted by atomic mass is 19.1. The van der Waals surface area contributed by atoms with Gasteiger partial charge in [-0.2, -0.15) is 5.10 Å². The predicted octanol–water partition coefficient (Wildman–Crippen LogP) is 1.75. The van der Waals surface area contributed by atoms with Gasteiger partial charge in [-0.3, -0.25) is 15.4 Å². The quantitative estimate of drug-likeness (QED) is 0.847. The van der Waals surface area contributed by atoms with Crippen molar-refractivity contribution in [3.63, 3.8) is 0 Å². The van der Waals surface area contributed by atoms with Crippen LogP contribution >= 0.6 is 0 Å². The minimum atomic E-state index is -0.329. The normalized spacial score (nSPS) is 14.5. The van der Waals surface area contributed by atoms with Gasteiger partial charge in [0.1, 0.15) is 18.0 Å². The molecule has 2 N–H and O–H groups in total. The zero-order valence-corrected chi connectivity index (χ0v) is 9.68. The Kier molecular flexibility index (Phi) is 3.43. The number of hydrogen-bond donors (Lipinski definition) is 2. The van der Waals surface area contributed by atoms with Gasteiger partial charge >= 0.3 is 0 Å². The van der Waals surface area contributed by atoms with Gasteiger partial charge in [-0.15, -0.1) is 0 Å². The molecule has 2 heterocycles. The fourth-order valence-corrected chi connectivity index (χ4v) is 1.61. The molecule has 90 valence electrons. The van der Waals surface area contributed by atoms with E-state index in [1.165, 1.54) is 18.6 Å². The highest BCUT2D eigenvalue weighted by Crippen LogP contribution is 2.15. The Morgan fingerprint density at radius 2 is 2.06 bits per heavy atom. The molecule has 2 unspecified atom stereocenters. The molecule has 0 amide bonds. The average Bonchev–Trinajstić information content (AvgIpc) is 2.83. The van der Waals surface area contributed by atoms with Crippen LogP contribution in [0, 0.1) is 5.82 Å². The van der Waals surface area contributed by atoms with E-state index in [0.29, 0.717) is 0 Å². The Bertz CT molecular complexity index is 453. The lowest BCUT2D eigenvalue weighted by molar-refractivity contribution is 0.469. The number of nitrogens with zero attached hydrogens (tertiary/aromatic N) is 3. The minimum Gasteiger partial charge on any atom is -0.299 e. The van der Waals surface area contributed by atoms with Crippen molar-refractivity contribution in [3.05, 3.63) is 42.0 Å². The van der Waals surface area contributed by atoms with E-state index in [4.69, 9.17) is 0 Å². The van der Waals surface area contributed by atoms with Crippen LogP contribution in [0.3, 0.4) is 0 Å². The van der Waals surface area contributed by atoms with Crippen molar-refractivity contribution in [2.24, 2.45) is 0 Å². The second kappa shape index (κ2) is 5.01. The summed E-state index contributed by atoms with van der Waals surface area (Å²) in [6.07, 6.45) is 2.68. The molecule has 0 saturated heterocycles. The van der Waals surface area contributed by atoms with Crippen LogP contribution in [0.5, 0.6) is 0 Å². The summed E-state index contributed by atoms with van der Waals surface area (Å²) in [4.78, 5) is 8.10. The van der Waals surface area contributed by atoms with E-state index < -0.39 is 0 Å². The van der Waals surface area contributed by atoms with Crippen LogP contribution in [0.1, 0.15) is 37.4 Å². The summed E-state index contributed by atoms with van der Waals surface area (Å²) in [5.74, 6) is 0.434. The summed E-state index contributed by atoms with van der Waals surface area (Å²) < 4.78 is 12.7. The van der Waals surface area contributed by atoms with Gasteiger partial charge in [0.2, 0.25) is 0 Å². The fourth-order valence-electron chi connectivity index (χ4n) is 1.61. The van der Waals surface area contributed by atoms with Crippen molar-refractivity contribution < 1.29 is 4.39 Å². The number of H-pyrrole nitrogens is 1. The predicted molar refractivity (Wildman–Crippen MR) is 60.5 cm³/mol. The van der Waals surface area contributed by atoms with Gasteiger partial charge in [0.15, 0.2) is 0 Å². The standard InChI is InChI=1S/C11H14FN5/c1-7(10-4-3-9(12)5-13-10)16-8(2)11-14-6-15-17-11/h3-8,16H,1-2H3,(H,14,15,17). The zero-order valence-electron chi connectivity index (χ0n) is 9.68. The van der Waals surface area contributed by atoms with Crippen molar-refractivity contribution in [2.75, 3.05) is 0 Å². The Morgan fingerprint density at radius 3 is 2.65 bits per heavy atom.